The molecule has 2 N–H and O–H groups in total. The molecule has 0 aromatic carbocycles. The van der Waals surface area contributed by atoms with E-state index in [-0.39, 0.29) is 0 Å². The molecule has 90 valence electrons. The van der Waals surface area contributed by atoms with E-state index in [2.05, 4.69) is 15.7 Å². The lowest BCUT2D eigenvalue weighted by Crippen LogP contribution is -2.29. The number of piperidine rings is 1. The van der Waals surface area contributed by atoms with Crippen molar-refractivity contribution in [2.45, 2.75) is 25.7 Å². The Morgan fingerprint density at radius 3 is 3.25 bits per heavy atom. The van der Waals surface area contributed by atoms with Gasteiger partial charge in [0.15, 0.2) is 0 Å². The molecule has 1 aliphatic heterocycles. The molecule has 1 unspecified atom stereocenters. The molecule has 2 heterocycles. The Morgan fingerprint density at radius 1 is 1.62 bits per heavy atom. The van der Waals surface area contributed by atoms with Gasteiger partial charge < -0.3 is 10.6 Å². The van der Waals surface area contributed by atoms with E-state index in [9.17, 15) is 0 Å². The molecule has 1 aliphatic rings. The lowest BCUT2D eigenvalue weighted by molar-refractivity contribution is 0.353. The van der Waals surface area contributed by atoms with Crippen molar-refractivity contribution in [2.24, 2.45) is 13.0 Å². The first-order valence-electron chi connectivity index (χ1n) is 6.29. The van der Waals surface area contributed by atoms with Gasteiger partial charge in [-0.3, -0.25) is 4.68 Å². The molecule has 0 bridgehead atoms. The van der Waals surface area contributed by atoms with Gasteiger partial charge >= 0.3 is 0 Å². The Kier molecular flexibility index (Phi) is 4.22. The predicted molar refractivity (Wildman–Crippen MR) is 66.5 cm³/mol. The molecule has 4 heteroatoms. The average Bonchev–Trinajstić information content (AvgIpc) is 2.72. The number of nitrogens with one attached hydrogen (secondary N) is 2. The summed E-state index contributed by atoms with van der Waals surface area (Å²) in [6, 6.07) is 2.02. The monoisotopic (exact) mass is 222 g/mol. The molecule has 1 fully saturated rings. The Balaban J connectivity index is 1.57. The summed E-state index contributed by atoms with van der Waals surface area (Å²) in [5.41, 5.74) is 0. The maximum atomic E-state index is 4.29. The zero-order valence-corrected chi connectivity index (χ0v) is 10.1. The largest absolute Gasteiger partial charge is 0.369 e. The van der Waals surface area contributed by atoms with Gasteiger partial charge in [0.25, 0.3) is 0 Å². The standard InChI is InChI=1S/C12H22N4/c1-16-9-6-12(15-16)14-8-3-5-11-4-2-7-13-10-11/h6,9,11,13H,2-5,7-8,10H2,1H3,(H,14,15). The molecule has 4 nitrogen and oxygen atoms in total. The summed E-state index contributed by atoms with van der Waals surface area (Å²) >= 11 is 0. The lowest BCUT2D eigenvalue weighted by atomic mass is 9.95. The second kappa shape index (κ2) is 5.89. The molecule has 0 radical (unpaired) electrons. The molecule has 1 aromatic heterocycles. The third-order valence-corrected chi connectivity index (χ3v) is 3.21. The van der Waals surface area contributed by atoms with E-state index in [1.807, 2.05) is 24.0 Å². The summed E-state index contributed by atoms with van der Waals surface area (Å²) in [6.07, 6.45) is 7.28. The van der Waals surface area contributed by atoms with Gasteiger partial charge in [-0.05, 0) is 44.7 Å². The maximum absolute atomic E-state index is 4.29. The summed E-state index contributed by atoms with van der Waals surface area (Å²) in [4.78, 5) is 0. The van der Waals surface area contributed by atoms with Crippen LogP contribution >= 0.6 is 0 Å². The minimum absolute atomic E-state index is 0.888. The van der Waals surface area contributed by atoms with Crippen molar-refractivity contribution in [1.29, 1.82) is 0 Å². The van der Waals surface area contributed by atoms with Crippen molar-refractivity contribution >= 4 is 5.82 Å². The van der Waals surface area contributed by atoms with E-state index in [0.717, 1.165) is 18.3 Å². The van der Waals surface area contributed by atoms with Crippen LogP contribution in [0.4, 0.5) is 5.82 Å². The van der Waals surface area contributed by atoms with E-state index in [1.165, 1.54) is 38.8 Å². The molecule has 0 amide bonds. The van der Waals surface area contributed by atoms with E-state index in [4.69, 9.17) is 0 Å². The number of nitrogens with zero attached hydrogens (tertiary/aromatic N) is 2. The fraction of sp³-hybridized carbons (Fsp3) is 0.750. The number of anilines is 1. The lowest BCUT2D eigenvalue weighted by Gasteiger charge is -2.22. The van der Waals surface area contributed by atoms with Crippen LogP contribution < -0.4 is 10.6 Å². The van der Waals surface area contributed by atoms with Gasteiger partial charge in [-0.25, -0.2) is 0 Å². The van der Waals surface area contributed by atoms with Crippen molar-refractivity contribution in [1.82, 2.24) is 15.1 Å². The van der Waals surface area contributed by atoms with Gasteiger partial charge in [0.1, 0.15) is 5.82 Å². The summed E-state index contributed by atoms with van der Waals surface area (Å²) in [5.74, 6) is 1.88. The molecular weight excluding hydrogens is 200 g/mol. The van der Waals surface area contributed by atoms with Crippen LogP contribution in [0.1, 0.15) is 25.7 Å². The molecule has 0 saturated carbocycles. The van der Waals surface area contributed by atoms with Gasteiger partial charge in [-0.1, -0.05) is 0 Å². The van der Waals surface area contributed by atoms with Crippen molar-refractivity contribution < 1.29 is 0 Å². The molecule has 1 saturated heterocycles. The van der Waals surface area contributed by atoms with E-state index in [1.54, 1.807) is 0 Å². The zero-order valence-electron chi connectivity index (χ0n) is 10.1. The summed E-state index contributed by atoms with van der Waals surface area (Å²) in [6.45, 7) is 3.46. The van der Waals surface area contributed by atoms with Crippen molar-refractivity contribution in [3.63, 3.8) is 0 Å². The molecule has 1 atom stereocenters. The van der Waals surface area contributed by atoms with Crippen LogP contribution in [0.3, 0.4) is 0 Å². The topological polar surface area (TPSA) is 41.9 Å². The number of aryl methyl sites for hydroxylation is 1. The van der Waals surface area contributed by atoms with Gasteiger partial charge in [0.05, 0.1) is 0 Å². The Bertz CT molecular complexity index is 302. The quantitative estimate of drug-likeness (QED) is 0.744. The van der Waals surface area contributed by atoms with Crippen LogP contribution in [0.25, 0.3) is 0 Å². The zero-order chi connectivity index (χ0) is 11.2. The van der Waals surface area contributed by atoms with E-state index < -0.39 is 0 Å². The first kappa shape index (κ1) is 11.5. The number of hydrogen-bond acceptors (Lipinski definition) is 3. The number of hydrogen-bond donors (Lipinski definition) is 2. The van der Waals surface area contributed by atoms with Gasteiger partial charge in [-0.15, -0.1) is 0 Å². The predicted octanol–water partition coefficient (Wildman–Crippen LogP) is 1.61. The van der Waals surface area contributed by atoms with Crippen LogP contribution in [0.5, 0.6) is 0 Å². The Hall–Kier alpha value is -1.03. The molecule has 0 spiro atoms. The number of rotatable bonds is 5. The summed E-state index contributed by atoms with van der Waals surface area (Å²) in [7, 11) is 1.94. The molecule has 16 heavy (non-hydrogen) atoms. The van der Waals surface area contributed by atoms with Gasteiger partial charge in [0, 0.05) is 25.9 Å². The minimum Gasteiger partial charge on any atom is -0.369 e. The maximum Gasteiger partial charge on any atom is 0.147 e. The normalized spacial score (nSPS) is 20.9. The van der Waals surface area contributed by atoms with Gasteiger partial charge in [0.2, 0.25) is 0 Å². The highest BCUT2D eigenvalue weighted by atomic mass is 15.3. The third-order valence-electron chi connectivity index (χ3n) is 3.21. The first-order valence-corrected chi connectivity index (χ1v) is 6.29. The highest BCUT2D eigenvalue weighted by molar-refractivity contribution is 5.31. The molecular formula is C12H22N4. The van der Waals surface area contributed by atoms with Crippen LogP contribution in [-0.4, -0.2) is 29.4 Å². The first-order chi connectivity index (χ1) is 7.84. The Labute approximate surface area is 97.4 Å². The van der Waals surface area contributed by atoms with E-state index in [0.29, 0.717) is 0 Å². The highest BCUT2D eigenvalue weighted by Crippen LogP contribution is 2.15. The van der Waals surface area contributed by atoms with Crippen LogP contribution in [0.2, 0.25) is 0 Å². The second-order valence-corrected chi connectivity index (χ2v) is 4.66. The highest BCUT2D eigenvalue weighted by Gasteiger charge is 2.11. The fourth-order valence-corrected chi connectivity index (χ4v) is 2.29. The van der Waals surface area contributed by atoms with E-state index >= 15 is 0 Å². The van der Waals surface area contributed by atoms with Crippen LogP contribution in [-0.2, 0) is 7.05 Å². The smallest absolute Gasteiger partial charge is 0.147 e. The van der Waals surface area contributed by atoms with Crippen LogP contribution in [0, 0.1) is 5.92 Å². The third kappa shape index (κ3) is 3.52. The molecule has 0 aliphatic carbocycles. The van der Waals surface area contributed by atoms with Crippen molar-refractivity contribution in [3.05, 3.63) is 12.3 Å². The van der Waals surface area contributed by atoms with Crippen molar-refractivity contribution in [2.75, 3.05) is 25.0 Å². The van der Waals surface area contributed by atoms with Gasteiger partial charge in [-0.2, -0.15) is 5.10 Å². The molecule has 1 aromatic rings. The Morgan fingerprint density at radius 2 is 2.56 bits per heavy atom. The number of aromatic nitrogens is 2. The summed E-state index contributed by atoms with van der Waals surface area (Å²) in [5, 5.41) is 11.1. The molecule has 2 rings (SSSR count). The van der Waals surface area contributed by atoms with Crippen molar-refractivity contribution in [3.8, 4) is 0 Å². The average molecular weight is 222 g/mol. The minimum atomic E-state index is 0.888. The summed E-state index contributed by atoms with van der Waals surface area (Å²) < 4.78 is 1.83. The SMILES string of the molecule is Cn1ccc(NCCCC2CCCNC2)n1. The van der Waals surface area contributed by atoms with Crippen LogP contribution in [0.15, 0.2) is 12.3 Å². The fourth-order valence-electron chi connectivity index (χ4n) is 2.29. The second-order valence-electron chi connectivity index (χ2n) is 4.66.